The third-order valence-corrected chi connectivity index (χ3v) is 3.38. The third kappa shape index (κ3) is 2.21. The van der Waals surface area contributed by atoms with Crippen molar-refractivity contribution in [3.63, 3.8) is 0 Å². The first-order chi connectivity index (χ1) is 7.13. The molecule has 0 atom stereocenters. The zero-order valence-electron chi connectivity index (χ0n) is 8.98. The molecule has 0 radical (unpaired) electrons. The number of carboxylic acid groups (broad SMARTS) is 1. The molecule has 2 heterocycles. The maximum atomic E-state index is 10.5. The predicted octanol–water partition coefficient (Wildman–Crippen LogP) is 0.265. The SMILES string of the molecule is C=CCN1CCC2(C1)CN(CC(=O)O)C2. The summed E-state index contributed by atoms with van der Waals surface area (Å²) >= 11 is 0. The summed E-state index contributed by atoms with van der Waals surface area (Å²) in [5.41, 5.74) is 0.387. The molecule has 1 spiro atoms. The second-order valence-corrected chi connectivity index (χ2v) is 4.81. The van der Waals surface area contributed by atoms with E-state index < -0.39 is 5.97 Å². The molecule has 84 valence electrons. The van der Waals surface area contributed by atoms with Gasteiger partial charge in [0.05, 0.1) is 6.54 Å². The molecule has 0 aromatic heterocycles. The van der Waals surface area contributed by atoms with Gasteiger partial charge in [-0.05, 0) is 13.0 Å². The lowest BCUT2D eigenvalue weighted by atomic mass is 9.79. The fraction of sp³-hybridized carbons (Fsp3) is 0.727. The summed E-state index contributed by atoms with van der Waals surface area (Å²) in [6.45, 7) is 9.04. The molecule has 2 rings (SSSR count). The van der Waals surface area contributed by atoms with Gasteiger partial charge in [0.15, 0.2) is 0 Å². The van der Waals surface area contributed by atoms with E-state index in [0.717, 1.165) is 32.7 Å². The Kier molecular flexibility index (Phi) is 2.80. The van der Waals surface area contributed by atoms with Crippen molar-refractivity contribution in [3.05, 3.63) is 12.7 Å². The van der Waals surface area contributed by atoms with Crippen molar-refractivity contribution in [2.24, 2.45) is 5.41 Å². The Hall–Kier alpha value is -0.870. The number of likely N-dealkylation sites (tertiary alicyclic amines) is 2. The minimum absolute atomic E-state index is 0.198. The highest BCUT2D eigenvalue weighted by Crippen LogP contribution is 2.39. The molecule has 0 saturated carbocycles. The highest BCUT2D eigenvalue weighted by Gasteiger charge is 2.47. The average Bonchev–Trinajstić information content (AvgIpc) is 2.48. The van der Waals surface area contributed by atoms with Crippen LogP contribution in [0.2, 0.25) is 0 Å². The number of aliphatic carboxylic acids is 1. The maximum absolute atomic E-state index is 10.5. The van der Waals surface area contributed by atoms with Gasteiger partial charge < -0.3 is 5.11 Å². The van der Waals surface area contributed by atoms with Crippen molar-refractivity contribution >= 4 is 5.97 Å². The Labute approximate surface area is 90.2 Å². The first-order valence-electron chi connectivity index (χ1n) is 5.41. The second-order valence-electron chi connectivity index (χ2n) is 4.81. The van der Waals surface area contributed by atoms with Crippen LogP contribution in [0, 0.1) is 5.41 Å². The fourth-order valence-corrected chi connectivity index (χ4v) is 2.83. The van der Waals surface area contributed by atoms with Crippen LogP contribution in [-0.2, 0) is 4.79 Å². The molecule has 4 nitrogen and oxygen atoms in total. The van der Waals surface area contributed by atoms with Gasteiger partial charge in [0.25, 0.3) is 0 Å². The normalized spacial score (nSPS) is 25.3. The molecule has 0 amide bonds. The summed E-state index contributed by atoms with van der Waals surface area (Å²) in [7, 11) is 0. The van der Waals surface area contributed by atoms with Crippen molar-refractivity contribution in [1.29, 1.82) is 0 Å². The number of hydrogen-bond acceptors (Lipinski definition) is 3. The van der Waals surface area contributed by atoms with Gasteiger partial charge in [-0.3, -0.25) is 14.6 Å². The molecule has 0 aromatic carbocycles. The van der Waals surface area contributed by atoms with Gasteiger partial charge in [-0.2, -0.15) is 0 Å². The monoisotopic (exact) mass is 210 g/mol. The Balaban J connectivity index is 1.78. The average molecular weight is 210 g/mol. The van der Waals surface area contributed by atoms with Crippen LogP contribution in [0.15, 0.2) is 12.7 Å². The summed E-state index contributed by atoms with van der Waals surface area (Å²) in [4.78, 5) is 14.9. The van der Waals surface area contributed by atoms with Gasteiger partial charge >= 0.3 is 5.97 Å². The fourth-order valence-electron chi connectivity index (χ4n) is 2.83. The minimum atomic E-state index is -0.717. The number of nitrogens with zero attached hydrogens (tertiary/aromatic N) is 2. The van der Waals surface area contributed by atoms with Gasteiger partial charge in [-0.25, -0.2) is 0 Å². The zero-order chi connectivity index (χ0) is 10.9. The number of carboxylic acids is 1. The quantitative estimate of drug-likeness (QED) is 0.676. The molecule has 2 aliphatic heterocycles. The van der Waals surface area contributed by atoms with Gasteiger partial charge in [-0.15, -0.1) is 6.58 Å². The minimum Gasteiger partial charge on any atom is -0.480 e. The van der Waals surface area contributed by atoms with Crippen LogP contribution in [0.25, 0.3) is 0 Å². The van der Waals surface area contributed by atoms with E-state index in [-0.39, 0.29) is 6.54 Å². The van der Waals surface area contributed by atoms with E-state index in [1.807, 2.05) is 11.0 Å². The number of hydrogen-bond donors (Lipinski definition) is 1. The summed E-state index contributed by atoms with van der Waals surface area (Å²) in [5, 5.41) is 8.65. The van der Waals surface area contributed by atoms with Crippen molar-refractivity contribution in [3.8, 4) is 0 Å². The van der Waals surface area contributed by atoms with Crippen LogP contribution in [0.5, 0.6) is 0 Å². The molecule has 0 aromatic rings. The van der Waals surface area contributed by atoms with E-state index in [9.17, 15) is 4.79 Å². The molecule has 0 aliphatic carbocycles. The molecule has 0 unspecified atom stereocenters. The van der Waals surface area contributed by atoms with Crippen molar-refractivity contribution in [1.82, 2.24) is 9.80 Å². The van der Waals surface area contributed by atoms with Crippen LogP contribution in [0.3, 0.4) is 0 Å². The van der Waals surface area contributed by atoms with E-state index in [1.165, 1.54) is 6.42 Å². The van der Waals surface area contributed by atoms with E-state index in [1.54, 1.807) is 0 Å². The molecular weight excluding hydrogens is 192 g/mol. The Morgan fingerprint density at radius 1 is 1.40 bits per heavy atom. The predicted molar refractivity (Wildman–Crippen MR) is 57.8 cm³/mol. The first-order valence-corrected chi connectivity index (χ1v) is 5.41. The summed E-state index contributed by atoms with van der Waals surface area (Å²) < 4.78 is 0. The molecule has 0 bridgehead atoms. The molecule has 2 saturated heterocycles. The lowest BCUT2D eigenvalue weighted by molar-refractivity contribution is -0.141. The summed E-state index contributed by atoms with van der Waals surface area (Å²) in [6, 6.07) is 0. The molecule has 2 fully saturated rings. The molecular formula is C11H18N2O2. The van der Waals surface area contributed by atoms with Gasteiger partial charge in [0.2, 0.25) is 0 Å². The smallest absolute Gasteiger partial charge is 0.317 e. The van der Waals surface area contributed by atoms with E-state index >= 15 is 0 Å². The largest absolute Gasteiger partial charge is 0.480 e. The summed E-state index contributed by atoms with van der Waals surface area (Å²) in [5.74, 6) is -0.717. The van der Waals surface area contributed by atoms with Crippen molar-refractivity contribution in [2.75, 3.05) is 39.3 Å². The summed E-state index contributed by atoms with van der Waals surface area (Å²) in [6.07, 6.45) is 3.14. The molecule has 4 heteroatoms. The number of carbonyl (C=O) groups is 1. The Morgan fingerprint density at radius 2 is 2.07 bits per heavy atom. The highest BCUT2D eigenvalue weighted by atomic mass is 16.4. The van der Waals surface area contributed by atoms with Crippen LogP contribution in [-0.4, -0.2) is 60.1 Å². The van der Waals surface area contributed by atoms with E-state index in [4.69, 9.17) is 5.11 Å². The highest BCUT2D eigenvalue weighted by molar-refractivity contribution is 5.69. The van der Waals surface area contributed by atoms with Crippen LogP contribution in [0.1, 0.15) is 6.42 Å². The van der Waals surface area contributed by atoms with Gasteiger partial charge in [0.1, 0.15) is 0 Å². The molecule has 2 aliphatic rings. The van der Waals surface area contributed by atoms with Crippen LogP contribution >= 0.6 is 0 Å². The third-order valence-electron chi connectivity index (χ3n) is 3.38. The second kappa shape index (κ2) is 3.94. The van der Waals surface area contributed by atoms with Crippen molar-refractivity contribution in [2.45, 2.75) is 6.42 Å². The van der Waals surface area contributed by atoms with Crippen LogP contribution in [0.4, 0.5) is 0 Å². The van der Waals surface area contributed by atoms with E-state index in [0.29, 0.717) is 5.41 Å². The Morgan fingerprint density at radius 3 is 2.67 bits per heavy atom. The van der Waals surface area contributed by atoms with Gasteiger partial charge in [-0.1, -0.05) is 6.08 Å². The maximum Gasteiger partial charge on any atom is 0.317 e. The lowest BCUT2D eigenvalue weighted by Gasteiger charge is -2.47. The standard InChI is InChI=1S/C11H18N2O2/c1-2-4-12-5-3-11(7-12)8-13(9-11)6-10(14)15/h2H,1,3-9H2,(H,14,15). The topological polar surface area (TPSA) is 43.8 Å². The lowest BCUT2D eigenvalue weighted by Crippen LogP contribution is -2.58. The van der Waals surface area contributed by atoms with Crippen LogP contribution < -0.4 is 0 Å². The first kappa shape index (κ1) is 10.6. The van der Waals surface area contributed by atoms with Crippen molar-refractivity contribution < 1.29 is 9.90 Å². The van der Waals surface area contributed by atoms with E-state index in [2.05, 4.69) is 11.5 Å². The number of rotatable bonds is 4. The molecule has 15 heavy (non-hydrogen) atoms. The molecule has 1 N–H and O–H groups in total. The van der Waals surface area contributed by atoms with Gasteiger partial charge in [0, 0.05) is 31.6 Å². The zero-order valence-corrected chi connectivity index (χ0v) is 8.98. The Bertz CT molecular complexity index is 272.